The molecule has 2 atom stereocenters. The molecule has 0 spiro atoms. The molecule has 0 aliphatic carbocycles. The van der Waals surface area contributed by atoms with Crippen LogP contribution in [0.5, 0.6) is 0 Å². The lowest BCUT2D eigenvalue weighted by atomic mass is 9.94. The molecule has 6 nitrogen and oxygen atoms in total. The maximum absolute atomic E-state index is 13.4. The Morgan fingerprint density at radius 2 is 1.90 bits per heavy atom. The Kier molecular flexibility index (Phi) is 8.29. The Morgan fingerprint density at radius 3 is 2.48 bits per heavy atom. The predicted molar refractivity (Wildman–Crippen MR) is 119 cm³/mol. The van der Waals surface area contributed by atoms with Gasteiger partial charge in [-0.25, -0.2) is 0 Å². The van der Waals surface area contributed by atoms with Crippen LogP contribution in [-0.2, 0) is 20.9 Å². The van der Waals surface area contributed by atoms with Gasteiger partial charge in [0.05, 0.1) is 24.8 Å². The van der Waals surface area contributed by atoms with Crippen LogP contribution in [0.2, 0.25) is 0 Å². The second-order valence-corrected chi connectivity index (χ2v) is 8.42. The number of rotatable bonds is 10. The number of nitrogens with zero attached hydrogens (tertiary/aromatic N) is 2. The summed E-state index contributed by atoms with van der Waals surface area (Å²) in [4.78, 5) is 30.3. The van der Waals surface area contributed by atoms with Crippen LogP contribution < -0.4 is 0 Å². The molecule has 0 unspecified atom stereocenters. The second-order valence-electron chi connectivity index (χ2n) is 8.42. The number of hydrogen-bond acceptors (Lipinski definition) is 4. The van der Waals surface area contributed by atoms with Crippen LogP contribution in [0.3, 0.4) is 0 Å². The highest BCUT2D eigenvalue weighted by molar-refractivity contribution is 5.88. The molecule has 3 rings (SSSR count). The van der Waals surface area contributed by atoms with Crippen LogP contribution in [0.15, 0.2) is 53.1 Å². The van der Waals surface area contributed by atoms with Gasteiger partial charge in [0, 0.05) is 19.2 Å². The van der Waals surface area contributed by atoms with E-state index >= 15 is 0 Å². The van der Waals surface area contributed by atoms with Gasteiger partial charge in [-0.05, 0) is 50.8 Å². The lowest BCUT2D eigenvalue weighted by molar-refractivity contribution is -0.144. The van der Waals surface area contributed by atoms with Gasteiger partial charge in [0.25, 0.3) is 0 Å². The smallest absolute Gasteiger partial charge is 0.242 e. The molecule has 31 heavy (non-hydrogen) atoms. The van der Waals surface area contributed by atoms with Crippen molar-refractivity contribution in [2.45, 2.75) is 64.6 Å². The molecule has 1 fully saturated rings. The van der Waals surface area contributed by atoms with E-state index in [2.05, 4.69) is 0 Å². The monoisotopic (exact) mass is 426 g/mol. The third-order valence-electron chi connectivity index (χ3n) is 5.85. The Hall–Kier alpha value is -2.60. The summed E-state index contributed by atoms with van der Waals surface area (Å²) in [5.41, 5.74) is 0.986. The van der Waals surface area contributed by atoms with Crippen molar-refractivity contribution in [2.75, 3.05) is 19.7 Å². The quantitative estimate of drug-likeness (QED) is 0.571. The highest BCUT2D eigenvalue weighted by Crippen LogP contribution is 2.23. The van der Waals surface area contributed by atoms with Gasteiger partial charge in [-0.3, -0.25) is 9.59 Å². The first-order valence-corrected chi connectivity index (χ1v) is 11.3. The lowest BCUT2D eigenvalue weighted by Crippen LogP contribution is -2.48. The van der Waals surface area contributed by atoms with Crippen molar-refractivity contribution >= 4 is 11.8 Å². The van der Waals surface area contributed by atoms with Crippen LogP contribution >= 0.6 is 0 Å². The van der Waals surface area contributed by atoms with Gasteiger partial charge in [0.2, 0.25) is 11.8 Å². The normalized spacial score (nSPS) is 17.0. The maximum Gasteiger partial charge on any atom is 0.242 e. The van der Waals surface area contributed by atoms with Gasteiger partial charge in [-0.1, -0.05) is 37.3 Å². The van der Waals surface area contributed by atoms with Gasteiger partial charge in [0.15, 0.2) is 0 Å². The zero-order chi connectivity index (χ0) is 22.2. The summed E-state index contributed by atoms with van der Waals surface area (Å²) >= 11 is 0. The molecular weight excluding hydrogens is 392 g/mol. The summed E-state index contributed by atoms with van der Waals surface area (Å²) in [6, 6.07) is 13.4. The molecule has 1 aliphatic heterocycles. The number of carbonyl (C=O) groups is 2. The summed E-state index contributed by atoms with van der Waals surface area (Å²) in [7, 11) is 0. The third-order valence-corrected chi connectivity index (χ3v) is 5.85. The fourth-order valence-corrected chi connectivity index (χ4v) is 4.08. The number of amides is 2. The van der Waals surface area contributed by atoms with Crippen LogP contribution in [0.25, 0.3) is 0 Å². The number of ether oxygens (including phenoxy) is 1. The second kappa shape index (κ2) is 11.1. The molecule has 168 valence electrons. The molecule has 2 aromatic rings. The molecule has 0 radical (unpaired) electrons. The lowest BCUT2D eigenvalue weighted by Gasteiger charge is -2.33. The zero-order valence-corrected chi connectivity index (χ0v) is 18.8. The van der Waals surface area contributed by atoms with Crippen LogP contribution in [-0.4, -0.2) is 53.5 Å². The molecule has 0 saturated carbocycles. The average molecular weight is 427 g/mol. The number of carbonyl (C=O) groups excluding carboxylic acids is 2. The molecule has 6 heteroatoms. The SMILES string of the molecule is CC[C@@H](C(=O)N(CC(=O)N(Cc1ccco1)C[C@H]1CCCO1)C(C)C)c1ccccc1. The molecule has 2 amide bonds. The van der Waals surface area contributed by atoms with E-state index in [0.717, 1.165) is 30.8 Å². The molecule has 1 aromatic carbocycles. The van der Waals surface area contributed by atoms with Crippen molar-refractivity contribution in [3.05, 3.63) is 60.1 Å². The van der Waals surface area contributed by atoms with E-state index in [1.54, 1.807) is 16.1 Å². The van der Waals surface area contributed by atoms with E-state index in [-0.39, 0.29) is 36.4 Å². The van der Waals surface area contributed by atoms with Crippen molar-refractivity contribution in [1.82, 2.24) is 9.80 Å². The molecule has 1 saturated heterocycles. The van der Waals surface area contributed by atoms with E-state index in [0.29, 0.717) is 19.5 Å². The molecule has 0 bridgehead atoms. The summed E-state index contributed by atoms with van der Waals surface area (Å²) in [6.45, 7) is 7.60. The van der Waals surface area contributed by atoms with Crippen LogP contribution in [0.1, 0.15) is 57.3 Å². The first-order chi connectivity index (χ1) is 15.0. The third kappa shape index (κ3) is 6.20. The van der Waals surface area contributed by atoms with Crippen LogP contribution in [0.4, 0.5) is 0 Å². The van der Waals surface area contributed by atoms with Gasteiger partial charge in [0.1, 0.15) is 12.3 Å². The summed E-state index contributed by atoms with van der Waals surface area (Å²) in [5.74, 6) is 0.376. The molecule has 2 heterocycles. The van der Waals surface area contributed by atoms with Gasteiger partial charge >= 0.3 is 0 Å². The van der Waals surface area contributed by atoms with Crippen molar-refractivity contribution < 1.29 is 18.7 Å². The fourth-order valence-electron chi connectivity index (χ4n) is 4.08. The summed E-state index contributed by atoms with van der Waals surface area (Å²) < 4.78 is 11.2. The first kappa shape index (κ1) is 23.1. The van der Waals surface area contributed by atoms with E-state index in [1.165, 1.54) is 0 Å². The first-order valence-electron chi connectivity index (χ1n) is 11.3. The van der Waals surface area contributed by atoms with Gasteiger partial charge < -0.3 is 19.0 Å². The predicted octanol–water partition coefficient (Wildman–Crippen LogP) is 4.22. The standard InChI is InChI=1S/C25H34N2O4/c1-4-23(20-10-6-5-7-11-20)25(29)27(19(2)3)18-24(28)26(16-21-12-8-14-30-21)17-22-13-9-15-31-22/h5-8,10-12,14,19,22-23H,4,9,13,15-18H2,1-3H3/t22-,23-/m1/s1. The minimum Gasteiger partial charge on any atom is -0.467 e. The van der Waals surface area contributed by atoms with Crippen molar-refractivity contribution in [1.29, 1.82) is 0 Å². The van der Waals surface area contributed by atoms with Gasteiger partial charge in [-0.15, -0.1) is 0 Å². The minimum atomic E-state index is -0.256. The van der Waals surface area contributed by atoms with E-state index < -0.39 is 0 Å². The number of furan rings is 1. The topological polar surface area (TPSA) is 63.0 Å². The van der Waals surface area contributed by atoms with Crippen molar-refractivity contribution in [2.24, 2.45) is 0 Å². The highest BCUT2D eigenvalue weighted by atomic mass is 16.5. The Balaban J connectivity index is 1.74. The van der Waals surface area contributed by atoms with Crippen molar-refractivity contribution in [3.63, 3.8) is 0 Å². The van der Waals surface area contributed by atoms with E-state index in [9.17, 15) is 9.59 Å². The maximum atomic E-state index is 13.4. The summed E-state index contributed by atoms with van der Waals surface area (Å²) in [5, 5.41) is 0. The number of hydrogen-bond donors (Lipinski definition) is 0. The Labute approximate surface area is 185 Å². The largest absolute Gasteiger partial charge is 0.467 e. The van der Waals surface area contributed by atoms with E-state index in [4.69, 9.17) is 9.15 Å². The Bertz CT molecular complexity index is 813. The molecule has 1 aliphatic rings. The molecular formula is C25H34N2O4. The Morgan fingerprint density at radius 1 is 1.13 bits per heavy atom. The van der Waals surface area contributed by atoms with Crippen molar-refractivity contribution in [3.8, 4) is 0 Å². The average Bonchev–Trinajstić information content (AvgIpc) is 3.46. The number of benzene rings is 1. The van der Waals surface area contributed by atoms with Crippen LogP contribution in [0, 0.1) is 0 Å². The zero-order valence-electron chi connectivity index (χ0n) is 18.8. The van der Waals surface area contributed by atoms with E-state index in [1.807, 2.05) is 63.2 Å². The molecule has 0 N–H and O–H groups in total. The highest BCUT2D eigenvalue weighted by Gasteiger charge is 2.30. The minimum absolute atomic E-state index is 0.00730. The fraction of sp³-hybridized carbons (Fsp3) is 0.520. The van der Waals surface area contributed by atoms with Gasteiger partial charge in [-0.2, -0.15) is 0 Å². The molecule has 1 aromatic heterocycles. The summed E-state index contributed by atoms with van der Waals surface area (Å²) in [6.07, 6.45) is 4.29.